The molecule has 4 nitrogen and oxygen atoms in total. The second-order valence-corrected chi connectivity index (χ2v) is 3.68. The van der Waals surface area contributed by atoms with Crippen LogP contribution in [0.3, 0.4) is 0 Å². The van der Waals surface area contributed by atoms with Gasteiger partial charge in [0.25, 0.3) is 0 Å². The fourth-order valence-corrected chi connectivity index (χ4v) is 1.55. The van der Waals surface area contributed by atoms with Crippen molar-refractivity contribution in [2.45, 2.75) is 12.7 Å². The summed E-state index contributed by atoms with van der Waals surface area (Å²) in [5.74, 6) is -1.04. The Morgan fingerprint density at radius 1 is 1.41 bits per heavy atom. The van der Waals surface area contributed by atoms with Crippen LogP contribution in [0, 0.1) is 4.77 Å². The molecule has 0 atom stereocenters. The zero-order valence-electron chi connectivity index (χ0n) is 8.40. The molecule has 2 rings (SSSR count). The molecule has 0 aliphatic carbocycles. The number of aromatic amines is 1. The summed E-state index contributed by atoms with van der Waals surface area (Å²) in [7, 11) is 0. The second kappa shape index (κ2) is 4.28. The van der Waals surface area contributed by atoms with Gasteiger partial charge in [0.15, 0.2) is 4.77 Å². The summed E-state index contributed by atoms with van der Waals surface area (Å²) in [5, 5.41) is 5.32. The molecule has 0 amide bonds. The Hall–Kier alpha value is -1.70. The van der Waals surface area contributed by atoms with Gasteiger partial charge in [-0.05, 0) is 23.8 Å². The molecule has 0 aliphatic rings. The molecule has 0 aromatic carbocycles. The van der Waals surface area contributed by atoms with Gasteiger partial charge in [-0.15, -0.1) is 5.10 Å². The zero-order valence-corrected chi connectivity index (χ0v) is 9.22. The van der Waals surface area contributed by atoms with Gasteiger partial charge in [0.1, 0.15) is 0 Å². The maximum absolute atomic E-state index is 12.6. The minimum Gasteiger partial charge on any atom is -0.292 e. The monoisotopic (exact) mass is 260 g/mol. The Balaban J connectivity index is 2.40. The summed E-state index contributed by atoms with van der Waals surface area (Å²) in [6, 6.07) is 3.31. The molecule has 17 heavy (non-hydrogen) atoms. The summed E-state index contributed by atoms with van der Waals surface area (Å²) < 4.78 is 38.6. The van der Waals surface area contributed by atoms with Crippen LogP contribution in [0.5, 0.6) is 0 Å². The third-order valence-corrected chi connectivity index (χ3v) is 2.39. The second-order valence-electron chi connectivity index (χ2n) is 3.30. The first-order valence-electron chi connectivity index (χ1n) is 4.60. The maximum atomic E-state index is 12.6. The topological polar surface area (TPSA) is 46.5 Å². The van der Waals surface area contributed by atoms with Crippen LogP contribution in [-0.2, 0) is 12.7 Å². The average molecular weight is 260 g/mol. The number of aromatic nitrogens is 4. The van der Waals surface area contributed by atoms with E-state index in [4.69, 9.17) is 12.2 Å². The number of alkyl halides is 3. The molecular formula is C9H7F3N4S. The lowest BCUT2D eigenvalue weighted by atomic mass is 10.3. The van der Waals surface area contributed by atoms with E-state index in [0.29, 0.717) is 5.56 Å². The molecular weight excluding hydrogens is 253 g/mol. The maximum Gasteiger partial charge on any atom is 0.451 e. The van der Waals surface area contributed by atoms with E-state index in [2.05, 4.69) is 15.2 Å². The fraction of sp³-hybridized carbons (Fsp3) is 0.222. The molecule has 2 heterocycles. The van der Waals surface area contributed by atoms with E-state index in [9.17, 15) is 13.2 Å². The number of pyridine rings is 1. The van der Waals surface area contributed by atoms with Gasteiger partial charge in [-0.2, -0.15) is 13.2 Å². The number of nitrogens with one attached hydrogen (secondary N) is 1. The molecule has 0 unspecified atom stereocenters. The summed E-state index contributed by atoms with van der Waals surface area (Å²) >= 11 is 4.77. The summed E-state index contributed by atoms with van der Waals surface area (Å²) in [5.41, 5.74) is 0.621. The fourth-order valence-electron chi connectivity index (χ4n) is 1.35. The molecule has 2 aromatic rings. The molecule has 2 aromatic heterocycles. The van der Waals surface area contributed by atoms with Gasteiger partial charge in [-0.25, -0.2) is 0 Å². The van der Waals surface area contributed by atoms with Gasteiger partial charge < -0.3 is 0 Å². The summed E-state index contributed by atoms with van der Waals surface area (Å²) in [6.07, 6.45) is -1.51. The Labute approximate surface area is 99.1 Å². The van der Waals surface area contributed by atoms with Gasteiger partial charge in [-0.3, -0.25) is 14.6 Å². The molecule has 0 bridgehead atoms. The van der Waals surface area contributed by atoms with E-state index in [0.717, 1.165) is 4.57 Å². The van der Waals surface area contributed by atoms with Crippen molar-refractivity contribution in [1.29, 1.82) is 0 Å². The highest BCUT2D eigenvalue weighted by molar-refractivity contribution is 7.71. The van der Waals surface area contributed by atoms with Crippen molar-refractivity contribution in [3.63, 3.8) is 0 Å². The predicted molar refractivity (Wildman–Crippen MR) is 55.8 cm³/mol. The predicted octanol–water partition coefficient (Wildman–Crippen LogP) is 2.40. The molecule has 0 spiro atoms. The molecule has 0 fully saturated rings. The third kappa shape index (κ3) is 2.52. The first-order chi connectivity index (χ1) is 7.98. The van der Waals surface area contributed by atoms with Crippen molar-refractivity contribution in [3.8, 4) is 0 Å². The van der Waals surface area contributed by atoms with Crippen molar-refractivity contribution < 1.29 is 13.2 Å². The molecule has 90 valence electrons. The SMILES string of the molecule is FC(F)(F)c1n[nH]c(=S)n1Cc1cccnc1. The summed E-state index contributed by atoms with van der Waals surface area (Å²) in [4.78, 5) is 3.83. The van der Waals surface area contributed by atoms with E-state index in [1.165, 1.54) is 6.20 Å². The van der Waals surface area contributed by atoms with Gasteiger partial charge in [0.05, 0.1) is 6.54 Å². The van der Waals surface area contributed by atoms with E-state index in [-0.39, 0.29) is 11.3 Å². The first kappa shape index (κ1) is 11.8. The van der Waals surface area contributed by atoms with E-state index in [1.807, 2.05) is 0 Å². The largest absolute Gasteiger partial charge is 0.451 e. The summed E-state index contributed by atoms with van der Waals surface area (Å²) in [6.45, 7) is -0.0159. The van der Waals surface area contributed by atoms with Crippen molar-refractivity contribution in [2.24, 2.45) is 0 Å². The van der Waals surface area contributed by atoms with E-state index in [1.54, 1.807) is 18.3 Å². The van der Waals surface area contributed by atoms with Crippen molar-refractivity contribution in [3.05, 3.63) is 40.7 Å². The van der Waals surface area contributed by atoms with Crippen LogP contribution in [0.2, 0.25) is 0 Å². The molecule has 0 radical (unpaired) electrons. The molecule has 0 saturated heterocycles. The van der Waals surface area contributed by atoms with Crippen molar-refractivity contribution in [1.82, 2.24) is 19.7 Å². The Kier molecular flexibility index (Phi) is 2.97. The van der Waals surface area contributed by atoms with Gasteiger partial charge in [0.2, 0.25) is 5.82 Å². The minimum absolute atomic E-state index is 0.0159. The zero-order chi connectivity index (χ0) is 12.5. The first-order valence-corrected chi connectivity index (χ1v) is 5.00. The smallest absolute Gasteiger partial charge is 0.292 e. The average Bonchev–Trinajstić information content (AvgIpc) is 2.62. The molecule has 1 N–H and O–H groups in total. The third-order valence-electron chi connectivity index (χ3n) is 2.08. The van der Waals surface area contributed by atoms with E-state index >= 15 is 0 Å². The Morgan fingerprint density at radius 2 is 2.18 bits per heavy atom. The van der Waals surface area contributed by atoms with Crippen LogP contribution in [0.4, 0.5) is 13.2 Å². The lowest BCUT2D eigenvalue weighted by Crippen LogP contribution is -2.15. The number of nitrogens with zero attached hydrogens (tertiary/aromatic N) is 3. The highest BCUT2D eigenvalue weighted by Gasteiger charge is 2.37. The van der Waals surface area contributed by atoms with Crippen molar-refractivity contribution >= 4 is 12.2 Å². The van der Waals surface area contributed by atoms with Crippen molar-refractivity contribution in [2.75, 3.05) is 0 Å². The minimum atomic E-state index is -4.53. The van der Waals surface area contributed by atoms with Crippen LogP contribution >= 0.6 is 12.2 Å². The number of rotatable bonds is 2. The van der Waals surface area contributed by atoms with Gasteiger partial charge >= 0.3 is 6.18 Å². The lowest BCUT2D eigenvalue weighted by Gasteiger charge is -2.08. The van der Waals surface area contributed by atoms with Crippen LogP contribution in [0.1, 0.15) is 11.4 Å². The molecule has 0 aliphatic heterocycles. The normalized spacial score (nSPS) is 11.7. The highest BCUT2D eigenvalue weighted by atomic mass is 32.1. The lowest BCUT2D eigenvalue weighted by molar-refractivity contribution is -0.147. The Morgan fingerprint density at radius 3 is 2.76 bits per heavy atom. The highest BCUT2D eigenvalue weighted by Crippen LogP contribution is 2.27. The van der Waals surface area contributed by atoms with Gasteiger partial charge in [-0.1, -0.05) is 6.07 Å². The van der Waals surface area contributed by atoms with Crippen LogP contribution < -0.4 is 0 Å². The Bertz CT molecular complexity index is 558. The number of halogens is 3. The van der Waals surface area contributed by atoms with E-state index < -0.39 is 12.0 Å². The van der Waals surface area contributed by atoms with Crippen LogP contribution in [0.25, 0.3) is 0 Å². The van der Waals surface area contributed by atoms with Crippen LogP contribution in [0.15, 0.2) is 24.5 Å². The molecule has 0 saturated carbocycles. The number of hydrogen-bond donors (Lipinski definition) is 1. The quantitative estimate of drug-likeness (QED) is 0.843. The number of hydrogen-bond acceptors (Lipinski definition) is 3. The number of H-pyrrole nitrogens is 1. The van der Waals surface area contributed by atoms with Gasteiger partial charge in [0, 0.05) is 12.4 Å². The molecule has 8 heteroatoms. The van der Waals surface area contributed by atoms with Crippen LogP contribution in [-0.4, -0.2) is 19.7 Å². The standard InChI is InChI=1S/C9H7F3N4S/c10-9(11,12)7-14-15-8(17)16(7)5-6-2-1-3-13-4-6/h1-4H,5H2,(H,15,17).